The zero-order valence-corrected chi connectivity index (χ0v) is 11.9. The summed E-state index contributed by atoms with van der Waals surface area (Å²) in [5, 5.41) is 3.91. The minimum absolute atomic E-state index is 0.701. The normalized spacial score (nSPS) is 10.5. The average molecular weight is 348 g/mol. The number of benzene rings is 1. The number of hydrogen-bond donors (Lipinski definition) is 1. The van der Waals surface area contributed by atoms with E-state index in [-0.39, 0.29) is 0 Å². The molecule has 0 amide bonds. The van der Waals surface area contributed by atoms with Gasteiger partial charge in [0.15, 0.2) is 0 Å². The van der Waals surface area contributed by atoms with Crippen LogP contribution in [0.4, 0.5) is 11.6 Å². The summed E-state index contributed by atoms with van der Waals surface area (Å²) in [6.45, 7) is 1.96. The Morgan fingerprint density at radius 2 is 2.19 bits per heavy atom. The van der Waals surface area contributed by atoms with Gasteiger partial charge in [-0.05, 0) is 47.7 Å². The van der Waals surface area contributed by atoms with E-state index in [2.05, 4.69) is 32.9 Å². The first-order valence-corrected chi connectivity index (χ1v) is 6.24. The second kappa shape index (κ2) is 4.63. The minimum Gasteiger partial charge on any atom is -0.324 e. The molecule has 0 unspecified atom stereocenters. The smallest absolute Gasteiger partial charge is 0.207 e. The molecule has 1 N–H and O–H groups in total. The Balaban J connectivity index is 2.30. The quantitative estimate of drug-likeness (QED) is 0.839. The van der Waals surface area contributed by atoms with Gasteiger partial charge in [0.05, 0.1) is 16.4 Å². The number of nitrogens with zero attached hydrogens (tertiary/aromatic N) is 2. The van der Waals surface area contributed by atoms with Gasteiger partial charge in [-0.2, -0.15) is 0 Å². The monoisotopic (exact) mass is 347 g/mol. The molecule has 1 aromatic heterocycles. The number of aryl methyl sites for hydroxylation is 2. The fourth-order valence-corrected chi connectivity index (χ4v) is 2.35. The van der Waals surface area contributed by atoms with Crippen LogP contribution < -0.4 is 5.32 Å². The summed E-state index contributed by atoms with van der Waals surface area (Å²) in [6.07, 6.45) is 1.96. The second-order valence-corrected chi connectivity index (χ2v) is 5.22. The summed E-state index contributed by atoms with van der Waals surface area (Å²) >= 11 is 8.37. The third-order valence-electron chi connectivity index (χ3n) is 2.17. The van der Waals surface area contributed by atoms with Gasteiger partial charge in [-0.15, -0.1) is 0 Å². The highest BCUT2D eigenvalue weighted by Gasteiger charge is 2.05. The van der Waals surface area contributed by atoms with E-state index in [0.717, 1.165) is 20.9 Å². The van der Waals surface area contributed by atoms with Gasteiger partial charge in [-0.3, -0.25) is 0 Å². The number of hydrogen-bond acceptors (Lipinski definition) is 2. The van der Waals surface area contributed by atoms with Gasteiger partial charge in [0.25, 0.3) is 0 Å². The lowest BCUT2D eigenvalue weighted by Crippen LogP contribution is -1.99. The fraction of sp³-hybridized carbons (Fsp3) is 0.182. The van der Waals surface area contributed by atoms with Crippen LogP contribution in [-0.4, -0.2) is 9.55 Å². The highest BCUT2D eigenvalue weighted by Crippen LogP contribution is 2.26. The van der Waals surface area contributed by atoms with Gasteiger partial charge in [0, 0.05) is 16.8 Å². The molecule has 0 atom stereocenters. The van der Waals surface area contributed by atoms with E-state index in [9.17, 15) is 0 Å². The highest BCUT2D eigenvalue weighted by molar-refractivity contribution is 14.1. The van der Waals surface area contributed by atoms with Crippen molar-refractivity contribution < 1.29 is 0 Å². The molecule has 0 saturated heterocycles. The van der Waals surface area contributed by atoms with Gasteiger partial charge in [-0.1, -0.05) is 11.6 Å². The molecule has 84 valence electrons. The first-order chi connectivity index (χ1) is 7.56. The average Bonchev–Trinajstić information content (AvgIpc) is 2.50. The van der Waals surface area contributed by atoms with Gasteiger partial charge < -0.3 is 9.88 Å². The van der Waals surface area contributed by atoms with E-state index >= 15 is 0 Å². The summed E-state index contributed by atoms with van der Waals surface area (Å²) < 4.78 is 3.05. The molecule has 0 radical (unpaired) electrons. The predicted molar refractivity (Wildman–Crippen MR) is 75.4 cm³/mol. The van der Waals surface area contributed by atoms with Crippen molar-refractivity contribution >= 4 is 45.8 Å². The van der Waals surface area contributed by atoms with Crippen LogP contribution in [0.1, 0.15) is 5.69 Å². The molecule has 0 spiro atoms. The fourth-order valence-electron chi connectivity index (χ4n) is 1.44. The largest absolute Gasteiger partial charge is 0.324 e. The van der Waals surface area contributed by atoms with Crippen LogP contribution in [0.5, 0.6) is 0 Å². The molecule has 0 bridgehead atoms. The molecule has 16 heavy (non-hydrogen) atoms. The zero-order chi connectivity index (χ0) is 11.7. The van der Waals surface area contributed by atoms with Gasteiger partial charge in [0.2, 0.25) is 5.95 Å². The number of nitrogens with one attached hydrogen (secondary N) is 1. The van der Waals surface area contributed by atoms with Crippen molar-refractivity contribution in [1.29, 1.82) is 0 Å². The molecule has 0 aliphatic rings. The Morgan fingerprint density at radius 3 is 2.75 bits per heavy atom. The summed E-state index contributed by atoms with van der Waals surface area (Å²) in [4.78, 5) is 4.36. The molecule has 2 aromatic rings. The third-order valence-corrected chi connectivity index (χ3v) is 3.16. The van der Waals surface area contributed by atoms with Crippen LogP contribution in [0.15, 0.2) is 24.4 Å². The predicted octanol–water partition coefficient (Wildman–Crippen LogP) is 3.73. The van der Waals surface area contributed by atoms with E-state index in [1.165, 1.54) is 0 Å². The van der Waals surface area contributed by atoms with Crippen LogP contribution in [0.3, 0.4) is 0 Å². The first kappa shape index (κ1) is 11.7. The number of rotatable bonds is 2. The Morgan fingerprint density at radius 1 is 1.44 bits per heavy atom. The number of aromatic nitrogens is 2. The van der Waals surface area contributed by atoms with Crippen LogP contribution >= 0.6 is 34.2 Å². The van der Waals surface area contributed by atoms with E-state index in [1.807, 2.05) is 42.9 Å². The SMILES string of the molecule is Cc1cn(C)c(Nc2ccc(I)cc2Cl)n1. The molecule has 0 aliphatic carbocycles. The minimum atomic E-state index is 0.701. The van der Waals surface area contributed by atoms with Gasteiger partial charge in [0.1, 0.15) is 0 Å². The lowest BCUT2D eigenvalue weighted by atomic mass is 10.3. The van der Waals surface area contributed by atoms with Crippen molar-refractivity contribution in [2.45, 2.75) is 6.92 Å². The topological polar surface area (TPSA) is 29.9 Å². The zero-order valence-electron chi connectivity index (χ0n) is 8.96. The molecule has 1 heterocycles. The maximum atomic E-state index is 6.13. The summed E-state index contributed by atoms with van der Waals surface area (Å²) in [6, 6.07) is 5.87. The number of imidazole rings is 1. The number of halogens is 2. The Labute approximate surface area is 113 Å². The van der Waals surface area contributed by atoms with E-state index in [4.69, 9.17) is 11.6 Å². The molecule has 0 fully saturated rings. The standard InChI is InChI=1S/C11H11ClIN3/c1-7-6-16(2)11(14-7)15-10-4-3-8(13)5-9(10)12/h3-6H,1-2H3,(H,14,15). The van der Waals surface area contributed by atoms with Crippen LogP contribution in [0.2, 0.25) is 5.02 Å². The second-order valence-electron chi connectivity index (χ2n) is 3.57. The molecular weight excluding hydrogens is 336 g/mol. The van der Waals surface area contributed by atoms with Crippen molar-refractivity contribution in [2.24, 2.45) is 7.05 Å². The summed E-state index contributed by atoms with van der Waals surface area (Å²) in [7, 11) is 1.95. The molecule has 0 saturated carbocycles. The molecule has 5 heteroatoms. The Kier molecular flexibility index (Phi) is 3.39. The lowest BCUT2D eigenvalue weighted by Gasteiger charge is -2.07. The maximum absolute atomic E-state index is 6.13. The van der Waals surface area contributed by atoms with Crippen molar-refractivity contribution in [3.63, 3.8) is 0 Å². The van der Waals surface area contributed by atoms with Crippen molar-refractivity contribution in [3.05, 3.63) is 38.7 Å². The Hall–Kier alpha value is -0.750. The van der Waals surface area contributed by atoms with E-state index in [0.29, 0.717) is 5.02 Å². The first-order valence-electron chi connectivity index (χ1n) is 4.78. The number of anilines is 2. The molecule has 0 aliphatic heterocycles. The van der Waals surface area contributed by atoms with Crippen LogP contribution in [0, 0.1) is 10.5 Å². The molecule has 1 aromatic carbocycles. The van der Waals surface area contributed by atoms with Crippen LogP contribution in [-0.2, 0) is 7.05 Å². The van der Waals surface area contributed by atoms with Crippen molar-refractivity contribution in [2.75, 3.05) is 5.32 Å². The summed E-state index contributed by atoms with van der Waals surface area (Å²) in [5.41, 5.74) is 1.85. The maximum Gasteiger partial charge on any atom is 0.207 e. The van der Waals surface area contributed by atoms with Gasteiger partial charge in [-0.25, -0.2) is 4.98 Å². The van der Waals surface area contributed by atoms with Crippen molar-refractivity contribution in [1.82, 2.24) is 9.55 Å². The molecule has 3 nitrogen and oxygen atoms in total. The van der Waals surface area contributed by atoms with Gasteiger partial charge >= 0.3 is 0 Å². The highest BCUT2D eigenvalue weighted by atomic mass is 127. The summed E-state index contributed by atoms with van der Waals surface area (Å²) in [5.74, 6) is 0.792. The van der Waals surface area contributed by atoms with Crippen LogP contribution in [0.25, 0.3) is 0 Å². The lowest BCUT2D eigenvalue weighted by molar-refractivity contribution is 0.924. The molecular formula is C11H11ClIN3. The Bertz CT molecular complexity index is 522. The third kappa shape index (κ3) is 2.49. The molecule has 2 rings (SSSR count). The van der Waals surface area contributed by atoms with E-state index in [1.54, 1.807) is 0 Å². The van der Waals surface area contributed by atoms with Crippen molar-refractivity contribution in [3.8, 4) is 0 Å². The van der Waals surface area contributed by atoms with E-state index < -0.39 is 0 Å².